The third-order valence-electron chi connectivity index (χ3n) is 4.58. The van der Waals surface area contributed by atoms with E-state index in [-0.39, 0.29) is 13.2 Å². The van der Waals surface area contributed by atoms with E-state index in [1.807, 2.05) is 36.4 Å². The minimum atomic E-state index is -1.78. The van der Waals surface area contributed by atoms with Crippen LogP contribution >= 0.6 is 0 Å². The molecular formula is C19H23NO8. The summed E-state index contributed by atoms with van der Waals surface area (Å²) in [5.41, 5.74) is 5.70. The maximum absolute atomic E-state index is 11.2. The summed E-state index contributed by atoms with van der Waals surface area (Å²) in [5.74, 6) is -0.868. The highest BCUT2D eigenvalue weighted by Gasteiger charge is 2.48. The molecule has 28 heavy (non-hydrogen) atoms. The SMILES string of the molecule is NCC(COc1cccc2ccccc12)O[C@@H]1O[C@H](C(=O)O)[C@@H](O)[C@H](O)[C@H]1O. The van der Waals surface area contributed by atoms with Gasteiger partial charge in [-0.25, -0.2) is 4.79 Å². The summed E-state index contributed by atoms with van der Waals surface area (Å²) in [6.45, 7) is 0.00120. The first-order chi connectivity index (χ1) is 13.4. The van der Waals surface area contributed by atoms with E-state index in [4.69, 9.17) is 25.1 Å². The van der Waals surface area contributed by atoms with E-state index in [1.165, 1.54) is 0 Å². The van der Waals surface area contributed by atoms with Crippen molar-refractivity contribution in [2.75, 3.05) is 13.2 Å². The standard InChI is InChI=1S/C19H23NO8/c20-8-11(9-26-13-7-3-5-10-4-1-2-6-12(10)13)27-19-16(23)14(21)15(22)17(28-19)18(24)25/h1-7,11,14-17,19,21-23H,8-9,20H2,(H,24,25)/t11?,14-,15-,16+,17-,19+/m0/s1. The van der Waals surface area contributed by atoms with Crippen molar-refractivity contribution < 1.29 is 39.4 Å². The van der Waals surface area contributed by atoms with Gasteiger partial charge in [-0.15, -0.1) is 0 Å². The number of benzene rings is 2. The molecule has 0 spiro atoms. The Bertz CT molecular complexity index is 810. The van der Waals surface area contributed by atoms with Gasteiger partial charge < -0.3 is 40.4 Å². The molecule has 1 unspecified atom stereocenters. The van der Waals surface area contributed by atoms with Crippen LogP contribution in [0.4, 0.5) is 0 Å². The van der Waals surface area contributed by atoms with Gasteiger partial charge in [-0.2, -0.15) is 0 Å². The number of fused-ring (bicyclic) bond motifs is 1. The van der Waals surface area contributed by atoms with Gasteiger partial charge in [0.2, 0.25) is 0 Å². The number of carboxylic acid groups (broad SMARTS) is 1. The van der Waals surface area contributed by atoms with Crippen LogP contribution < -0.4 is 10.5 Å². The second-order valence-corrected chi connectivity index (χ2v) is 6.52. The van der Waals surface area contributed by atoms with Crippen molar-refractivity contribution in [1.29, 1.82) is 0 Å². The quantitative estimate of drug-likeness (QED) is 0.417. The zero-order valence-corrected chi connectivity index (χ0v) is 14.9. The summed E-state index contributed by atoms with van der Waals surface area (Å²) in [6, 6.07) is 13.2. The highest BCUT2D eigenvalue weighted by molar-refractivity contribution is 5.88. The Labute approximate surface area is 160 Å². The molecule has 1 aliphatic heterocycles. The van der Waals surface area contributed by atoms with Crippen molar-refractivity contribution >= 4 is 16.7 Å². The second kappa shape index (κ2) is 8.82. The molecule has 0 amide bonds. The largest absolute Gasteiger partial charge is 0.490 e. The van der Waals surface area contributed by atoms with E-state index in [0.29, 0.717) is 5.75 Å². The van der Waals surface area contributed by atoms with Crippen molar-refractivity contribution in [2.45, 2.75) is 36.8 Å². The molecule has 9 heteroatoms. The molecule has 2 aromatic rings. The number of hydrogen-bond acceptors (Lipinski definition) is 8. The molecule has 0 radical (unpaired) electrons. The number of rotatable bonds is 7. The van der Waals surface area contributed by atoms with Crippen LogP contribution in [-0.4, -0.2) is 76.4 Å². The number of carbonyl (C=O) groups is 1. The van der Waals surface area contributed by atoms with Crippen molar-refractivity contribution in [3.05, 3.63) is 42.5 Å². The first-order valence-corrected chi connectivity index (χ1v) is 8.81. The first kappa shape index (κ1) is 20.5. The van der Waals surface area contributed by atoms with Crippen molar-refractivity contribution in [2.24, 2.45) is 5.73 Å². The molecule has 6 atom stereocenters. The maximum Gasteiger partial charge on any atom is 0.335 e. The van der Waals surface area contributed by atoms with Crippen molar-refractivity contribution in [1.82, 2.24) is 0 Å². The first-order valence-electron chi connectivity index (χ1n) is 8.81. The van der Waals surface area contributed by atoms with Crippen molar-refractivity contribution in [3.8, 4) is 5.75 Å². The summed E-state index contributed by atoms with van der Waals surface area (Å²) < 4.78 is 16.4. The van der Waals surface area contributed by atoms with Gasteiger partial charge in [0.1, 0.15) is 36.8 Å². The summed E-state index contributed by atoms with van der Waals surface area (Å²) >= 11 is 0. The predicted octanol–water partition coefficient (Wildman–Crippen LogP) is -0.545. The van der Waals surface area contributed by atoms with Crippen molar-refractivity contribution in [3.63, 3.8) is 0 Å². The highest BCUT2D eigenvalue weighted by Crippen LogP contribution is 2.26. The number of carboxylic acids is 1. The van der Waals surface area contributed by atoms with Crippen LogP contribution in [0.2, 0.25) is 0 Å². The Hall–Kier alpha value is -2.27. The zero-order valence-electron chi connectivity index (χ0n) is 14.9. The molecule has 0 aromatic heterocycles. The number of nitrogens with two attached hydrogens (primary N) is 1. The summed E-state index contributed by atoms with van der Waals surface area (Å²) in [5, 5.41) is 40.6. The molecule has 152 valence electrons. The van der Waals surface area contributed by atoms with Gasteiger partial charge in [0.05, 0.1) is 0 Å². The average molecular weight is 393 g/mol. The van der Waals surface area contributed by atoms with Crippen LogP contribution in [0.1, 0.15) is 0 Å². The van der Waals surface area contributed by atoms with Crippen LogP contribution in [0.15, 0.2) is 42.5 Å². The third kappa shape index (κ3) is 4.25. The third-order valence-corrected chi connectivity index (χ3v) is 4.58. The molecule has 9 nitrogen and oxygen atoms in total. The lowest BCUT2D eigenvalue weighted by atomic mass is 9.99. The minimum absolute atomic E-state index is 0.00622. The molecule has 6 N–H and O–H groups in total. The molecule has 0 saturated carbocycles. The number of aliphatic hydroxyl groups excluding tert-OH is 3. The highest BCUT2D eigenvalue weighted by atomic mass is 16.7. The maximum atomic E-state index is 11.2. The van der Waals surface area contributed by atoms with Gasteiger partial charge in [-0.1, -0.05) is 36.4 Å². The number of hydrogen-bond donors (Lipinski definition) is 5. The van der Waals surface area contributed by atoms with E-state index in [2.05, 4.69) is 0 Å². The molecule has 1 heterocycles. The monoisotopic (exact) mass is 393 g/mol. The summed E-state index contributed by atoms with van der Waals surface area (Å²) in [7, 11) is 0. The summed E-state index contributed by atoms with van der Waals surface area (Å²) in [6.07, 6.45) is -9.13. The van der Waals surface area contributed by atoms with Gasteiger partial charge in [-0.3, -0.25) is 0 Å². The second-order valence-electron chi connectivity index (χ2n) is 6.52. The lowest BCUT2D eigenvalue weighted by molar-refractivity contribution is -0.304. The molecular weight excluding hydrogens is 370 g/mol. The average Bonchev–Trinajstić information content (AvgIpc) is 2.70. The number of aliphatic hydroxyl groups is 3. The minimum Gasteiger partial charge on any atom is -0.490 e. The van der Waals surface area contributed by atoms with E-state index in [1.54, 1.807) is 6.07 Å². The smallest absolute Gasteiger partial charge is 0.335 e. The van der Waals surface area contributed by atoms with Gasteiger partial charge >= 0.3 is 5.97 Å². The number of aliphatic carboxylic acids is 1. The Morgan fingerprint density at radius 1 is 1.07 bits per heavy atom. The van der Waals surface area contributed by atoms with E-state index in [9.17, 15) is 20.1 Å². The Morgan fingerprint density at radius 3 is 2.50 bits per heavy atom. The van der Waals surface area contributed by atoms with Crippen LogP contribution in [0.5, 0.6) is 5.75 Å². The topological polar surface area (TPSA) is 152 Å². The van der Waals surface area contributed by atoms with Crippen LogP contribution in [0.25, 0.3) is 10.8 Å². The Kier molecular flexibility index (Phi) is 6.45. The molecule has 1 saturated heterocycles. The molecule has 1 fully saturated rings. The van der Waals surface area contributed by atoms with Gasteiger partial charge in [0.15, 0.2) is 12.4 Å². The molecule has 0 aliphatic carbocycles. The molecule has 1 aliphatic rings. The van der Waals surface area contributed by atoms with Crippen LogP contribution in [0.3, 0.4) is 0 Å². The Balaban J connectivity index is 1.67. The van der Waals surface area contributed by atoms with Crippen LogP contribution in [-0.2, 0) is 14.3 Å². The lowest BCUT2D eigenvalue weighted by Crippen LogP contribution is -2.61. The van der Waals surface area contributed by atoms with Gasteiger partial charge in [0, 0.05) is 11.9 Å². The normalized spacial score (nSPS) is 28.8. The van der Waals surface area contributed by atoms with E-state index < -0.39 is 42.8 Å². The van der Waals surface area contributed by atoms with E-state index in [0.717, 1.165) is 10.8 Å². The molecule has 2 aromatic carbocycles. The fraction of sp³-hybridized carbons (Fsp3) is 0.421. The summed E-state index contributed by atoms with van der Waals surface area (Å²) in [4.78, 5) is 11.2. The predicted molar refractivity (Wildman–Crippen MR) is 97.7 cm³/mol. The fourth-order valence-corrected chi connectivity index (χ4v) is 3.02. The molecule has 3 rings (SSSR count). The van der Waals surface area contributed by atoms with Gasteiger partial charge in [-0.05, 0) is 11.5 Å². The fourth-order valence-electron chi connectivity index (χ4n) is 3.02. The van der Waals surface area contributed by atoms with Gasteiger partial charge in [0.25, 0.3) is 0 Å². The molecule has 0 bridgehead atoms. The number of ether oxygens (including phenoxy) is 3. The zero-order chi connectivity index (χ0) is 20.3. The Morgan fingerprint density at radius 2 is 1.79 bits per heavy atom. The van der Waals surface area contributed by atoms with Crippen LogP contribution in [0, 0.1) is 0 Å². The van der Waals surface area contributed by atoms with E-state index >= 15 is 0 Å². The lowest BCUT2D eigenvalue weighted by Gasteiger charge is -2.39.